The lowest BCUT2D eigenvalue weighted by Gasteiger charge is -2.07. The highest BCUT2D eigenvalue weighted by Crippen LogP contribution is 2.07. The molecule has 0 saturated carbocycles. The van der Waals surface area contributed by atoms with E-state index in [-0.39, 0.29) is 11.6 Å². The van der Waals surface area contributed by atoms with Crippen LogP contribution in [0.5, 0.6) is 5.75 Å². The molecule has 2 aromatic rings. The van der Waals surface area contributed by atoms with Gasteiger partial charge in [0.15, 0.2) is 0 Å². The summed E-state index contributed by atoms with van der Waals surface area (Å²) in [6, 6.07) is 12.0. The molecule has 0 aliphatic rings. The van der Waals surface area contributed by atoms with Crippen molar-refractivity contribution in [1.82, 2.24) is 10.3 Å². The number of ether oxygens (including phenoxy) is 1. The van der Waals surface area contributed by atoms with Crippen molar-refractivity contribution in [2.75, 3.05) is 13.2 Å². The minimum atomic E-state index is -1.13. The zero-order valence-corrected chi connectivity index (χ0v) is 11.2. The number of pyridine rings is 1. The Labute approximate surface area is 121 Å². The Morgan fingerprint density at radius 3 is 2.52 bits per heavy atom. The molecule has 6 nitrogen and oxygen atoms in total. The monoisotopic (exact) mass is 286 g/mol. The molecular weight excluding hydrogens is 272 g/mol. The van der Waals surface area contributed by atoms with E-state index in [9.17, 15) is 9.59 Å². The quantitative estimate of drug-likeness (QED) is 0.787. The van der Waals surface area contributed by atoms with Crippen molar-refractivity contribution in [3.05, 3.63) is 59.9 Å². The fourth-order valence-corrected chi connectivity index (χ4v) is 1.61. The highest BCUT2D eigenvalue weighted by molar-refractivity contribution is 5.94. The Morgan fingerprint density at radius 2 is 1.90 bits per heavy atom. The van der Waals surface area contributed by atoms with Gasteiger partial charge in [-0.3, -0.25) is 4.79 Å². The predicted octanol–water partition coefficient (Wildman–Crippen LogP) is 1.59. The van der Waals surface area contributed by atoms with Crippen LogP contribution in [0.15, 0.2) is 48.7 Å². The van der Waals surface area contributed by atoms with Gasteiger partial charge < -0.3 is 15.2 Å². The number of carboxylic acids is 1. The molecule has 1 amide bonds. The van der Waals surface area contributed by atoms with Gasteiger partial charge >= 0.3 is 5.97 Å². The van der Waals surface area contributed by atoms with E-state index in [2.05, 4.69) is 10.3 Å². The number of nitrogens with one attached hydrogen (secondary N) is 1. The van der Waals surface area contributed by atoms with Gasteiger partial charge in [-0.05, 0) is 24.3 Å². The molecule has 6 heteroatoms. The number of amides is 1. The van der Waals surface area contributed by atoms with Gasteiger partial charge in [0, 0.05) is 6.20 Å². The maximum atomic E-state index is 11.8. The van der Waals surface area contributed by atoms with E-state index in [1.54, 1.807) is 0 Å². The third kappa shape index (κ3) is 4.31. The number of aromatic nitrogens is 1. The number of hydrogen-bond acceptors (Lipinski definition) is 4. The average Bonchev–Trinajstić information content (AvgIpc) is 2.52. The van der Waals surface area contributed by atoms with Crippen LogP contribution in [-0.4, -0.2) is 35.1 Å². The molecule has 0 bridgehead atoms. The molecule has 0 fully saturated rings. The largest absolute Gasteiger partial charge is 0.492 e. The van der Waals surface area contributed by atoms with Crippen molar-refractivity contribution in [2.24, 2.45) is 0 Å². The topological polar surface area (TPSA) is 88.5 Å². The Balaban J connectivity index is 1.78. The summed E-state index contributed by atoms with van der Waals surface area (Å²) in [5.41, 5.74) is 0.207. The summed E-state index contributed by atoms with van der Waals surface area (Å²) < 4.78 is 5.43. The highest BCUT2D eigenvalue weighted by atomic mass is 16.5. The standard InChI is InChI=1S/C15H14N2O4/c18-14(11-6-7-13(15(19)20)17-10-11)16-8-9-21-12-4-2-1-3-5-12/h1-7,10H,8-9H2,(H,16,18)(H,19,20). The molecule has 21 heavy (non-hydrogen) atoms. The third-order valence-corrected chi connectivity index (χ3v) is 2.64. The number of carbonyl (C=O) groups excluding carboxylic acids is 1. The van der Waals surface area contributed by atoms with Crippen LogP contribution in [0.3, 0.4) is 0 Å². The maximum Gasteiger partial charge on any atom is 0.354 e. The summed E-state index contributed by atoms with van der Waals surface area (Å²) in [6.45, 7) is 0.685. The molecule has 0 atom stereocenters. The number of rotatable bonds is 6. The van der Waals surface area contributed by atoms with E-state index in [1.165, 1.54) is 18.3 Å². The number of hydrogen-bond donors (Lipinski definition) is 2. The molecule has 0 aliphatic carbocycles. The molecule has 1 heterocycles. The number of nitrogens with zero attached hydrogens (tertiary/aromatic N) is 1. The molecular formula is C15H14N2O4. The van der Waals surface area contributed by atoms with Crippen molar-refractivity contribution in [3.63, 3.8) is 0 Å². The molecule has 2 N–H and O–H groups in total. The van der Waals surface area contributed by atoms with Crippen molar-refractivity contribution < 1.29 is 19.4 Å². The van der Waals surface area contributed by atoms with Crippen molar-refractivity contribution in [3.8, 4) is 5.75 Å². The van der Waals surface area contributed by atoms with Crippen LogP contribution in [0.2, 0.25) is 0 Å². The van der Waals surface area contributed by atoms with Crippen LogP contribution in [0.25, 0.3) is 0 Å². The number of carboxylic acid groups (broad SMARTS) is 1. The summed E-state index contributed by atoms with van der Waals surface area (Å²) in [6.07, 6.45) is 1.23. The molecule has 108 valence electrons. The smallest absolute Gasteiger partial charge is 0.354 e. The first-order valence-electron chi connectivity index (χ1n) is 6.32. The van der Waals surface area contributed by atoms with Crippen molar-refractivity contribution >= 4 is 11.9 Å². The second-order valence-corrected chi connectivity index (χ2v) is 4.15. The van der Waals surface area contributed by atoms with Crippen LogP contribution in [0, 0.1) is 0 Å². The Kier molecular flexibility index (Phi) is 4.87. The zero-order valence-electron chi connectivity index (χ0n) is 11.2. The van der Waals surface area contributed by atoms with E-state index in [1.807, 2.05) is 30.3 Å². The average molecular weight is 286 g/mol. The molecule has 1 aromatic carbocycles. The molecule has 0 spiro atoms. The van der Waals surface area contributed by atoms with Gasteiger partial charge in [0.25, 0.3) is 5.91 Å². The minimum absolute atomic E-state index is 0.0982. The van der Waals surface area contributed by atoms with Crippen LogP contribution < -0.4 is 10.1 Å². The Bertz CT molecular complexity index is 611. The van der Waals surface area contributed by atoms with Crippen LogP contribution in [0.4, 0.5) is 0 Å². The molecule has 0 saturated heterocycles. The van der Waals surface area contributed by atoms with E-state index >= 15 is 0 Å². The molecule has 0 radical (unpaired) electrons. The number of para-hydroxylation sites is 1. The molecule has 0 unspecified atom stereocenters. The van der Waals surface area contributed by atoms with Crippen LogP contribution in [-0.2, 0) is 0 Å². The van der Waals surface area contributed by atoms with Crippen molar-refractivity contribution in [1.29, 1.82) is 0 Å². The van der Waals surface area contributed by atoms with Gasteiger partial charge in [-0.25, -0.2) is 9.78 Å². The maximum absolute atomic E-state index is 11.8. The lowest BCUT2D eigenvalue weighted by molar-refractivity contribution is 0.0689. The summed E-state index contributed by atoms with van der Waals surface area (Å²) >= 11 is 0. The second-order valence-electron chi connectivity index (χ2n) is 4.15. The summed E-state index contributed by atoms with van der Waals surface area (Å²) in [7, 11) is 0. The van der Waals surface area contributed by atoms with E-state index in [0.717, 1.165) is 5.75 Å². The normalized spacial score (nSPS) is 9.90. The van der Waals surface area contributed by atoms with Gasteiger partial charge in [0.1, 0.15) is 18.1 Å². The van der Waals surface area contributed by atoms with Gasteiger partial charge in [-0.2, -0.15) is 0 Å². The summed E-state index contributed by atoms with van der Waals surface area (Å²) in [5.74, 6) is -0.714. The lowest BCUT2D eigenvalue weighted by atomic mass is 10.2. The van der Waals surface area contributed by atoms with Gasteiger partial charge in [0.2, 0.25) is 0 Å². The van der Waals surface area contributed by atoms with Gasteiger partial charge in [0.05, 0.1) is 12.1 Å². The fraction of sp³-hybridized carbons (Fsp3) is 0.133. The molecule has 2 rings (SSSR count). The lowest BCUT2D eigenvalue weighted by Crippen LogP contribution is -2.28. The Hall–Kier alpha value is -2.89. The fourth-order valence-electron chi connectivity index (χ4n) is 1.61. The summed E-state index contributed by atoms with van der Waals surface area (Å²) in [4.78, 5) is 26.1. The molecule has 1 aromatic heterocycles. The summed E-state index contributed by atoms with van der Waals surface area (Å²) in [5, 5.41) is 11.4. The SMILES string of the molecule is O=C(NCCOc1ccccc1)c1ccc(C(=O)O)nc1. The van der Waals surface area contributed by atoms with Crippen molar-refractivity contribution in [2.45, 2.75) is 0 Å². The third-order valence-electron chi connectivity index (χ3n) is 2.64. The molecule has 0 aliphatic heterocycles. The highest BCUT2D eigenvalue weighted by Gasteiger charge is 2.08. The Morgan fingerprint density at radius 1 is 1.14 bits per heavy atom. The second kappa shape index (κ2) is 7.04. The van der Waals surface area contributed by atoms with Gasteiger partial charge in [-0.15, -0.1) is 0 Å². The first-order chi connectivity index (χ1) is 10.2. The van der Waals surface area contributed by atoms with E-state index < -0.39 is 5.97 Å². The zero-order chi connectivity index (χ0) is 15.1. The van der Waals surface area contributed by atoms with Gasteiger partial charge in [-0.1, -0.05) is 18.2 Å². The number of benzene rings is 1. The first-order valence-corrected chi connectivity index (χ1v) is 6.32. The van der Waals surface area contributed by atoms with Crippen LogP contribution >= 0.6 is 0 Å². The predicted molar refractivity (Wildman–Crippen MR) is 75.5 cm³/mol. The number of carbonyl (C=O) groups is 2. The van der Waals surface area contributed by atoms with E-state index in [0.29, 0.717) is 18.7 Å². The number of aromatic carboxylic acids is 1. The van der Waals surface area contributed by atoms with E-state index in [4.69, 9.17) is 9.84 Å². The first kappa shape index (κ1) is 14.5. The minimum Gasteiger partial charge on any atom is -0.492 e. The van der Waals surface area contributed by atoms with Crippen LogP contribution in [0.1, 0.15) is 20.8 Å².